The van der Waals surface area contributed by atoms with Crippen molar-refractivity contribution >= 4 is 11.9 Å². The topological polar surface area (TPSA) is 75.9 Å². The Bertz CT molecular complexity index is 733. The smallest absolute Gasteiger partial charge is 0.255 e. The predicted octanol–water partition coefficient (Wildman–Crippen LogP) is 1.75. The van der Waals surface area contributed by atoms with Gasteiger partial charge in [-0.15, -0.1) is 0 Å². The molecule has 1 amide bonds. The molecule has 3 rings (SSSR count). The maximum atomic E-state index is 12.4. The molecule has 0 radical (unpaired) electrons. The van der Waals surface area contributed by atoms with Crippen molar-refractivity contribution in [1.29, 1.82) is 0 Å². The molecule has 1 aliphatic rings. The maximum absolute atomic E-state index is 12.4. The largest absolute Gasteiger partial charge is 0.346 e. The van der Waals surface area contributed by atoms with E-state index < -0.39 is 0 Å². The van der Waals surface area contributed by atoms with Gasteiger partial charge in [-0.1, -0.05) is 0 Å². The number of carbonyl (C=O) groups excluding carboxylic acids is 1. The summed E-state index contributed by atoms with van der Waals surface area (Å²) < 4.78 is 1.73. The molecule has 1 aliphatic heterocycles. The standard InChI is InChI=1S/C17H24N6O/c1-12-15(13(2)22(3)21-12)16(24)19-11-14-7-8-18-17(20-14)23-9-5-4-6-10-23/h7-8H,4-6,9-11H2,1-3H3,(H,19,24). The molecule has 7 nitrogen and oxygen atoms in total. The molecule has 0 atom stereocenters. The van der Waals surface area contributed by atoms with Crippen LogP contribution in [0.2, 0.25) is 0 Å². The number of hydrogen-bond acceptors (Lipinski definition) is 5. The second-order valence-electron chi connectivity index (χ2n) is 6.25. The predicted molar refractivity (Wildman–Crippen MR) is 91.9 cm³/mol. The van der Waals surface area contributed by atoms with Gasteiger partial charge in [-0.05, 0) is 39.2 Å². The zero-order valence-corrected chi connectivity index (χ0v) is 14.5. The number of amides is 1. The summed E-state index contributed by atoms with van der Waals surface area (Å²) in [6.45, 7) is 6.14. The fraction of sp³-hybridized carbons (Fsp3) is 0.529. The van der Waals surface area contributed by atoms with E-state index in [0.717, 1.165) is 36.1 Å². The number of nitrogens with zero attached hydrogens (tertiary/aromatic N) is 5. The van der Waals surface area contributed by atoms with Crippen molar-refractivity contribution in [1.82, 2.24) is 25.1 Å². The molecule has 0 aliphatic carbocycles. The molecule has 2 aromatic heterocycles. The average molecular weight is 328 g/mol. The minimum atomic E-state index is -0.115. The summed E-state index contributed by atoms with van der Waals surface area (Å²) in [5.74, 6) is 0.645. The number of anilines is 1. The first-order chi connectivity index (χ1) is 11.6. The number of hydrogen-bond donors (Lipinski definition) is 1. The summed E-state index contributed by atoms with van der Waals surface area (Å²) in [6.07, 6.45) is 5.41. The van der Waals surface area contributed by atoms with Crippen LogP contribution in [0.1, 0.15) is 46.7 Å². The SMILES string of the molecule is Cc1nn(C)c(C)c1C(=O)NCc1ccnc(N2CCCCC2)n1. The summed E-state index contributed by atoms with van der Waals surface area (Å²) in [5.41, 5.74) is 3.06. The number of aryl methyl sites for hydroxylation is 2. The van der Waals surface area contributed by atoms with Crippen LogP contribution in [-0.2, 0) is 13.6 Å². The zero-order valence-electron chi connectivity index (χ0n) is 14.5. The molecule has 0 spiro atoms. The van der Waals surface area contributed by atoms with Crippen LogP contribution < -0.4 is 10.2 Å². The van der Waals surface area contributed by atoms with Gasteiger partial charge in [0.2, 0.25) is 5.95 Å². The van der Waals surface area contributed by atoms with Crippen LogP contribution in [0.5, 0.6) is 0 Å². The molecule has 24 heavy (non-hydrogen) atoms. The van der Waals surface area contributed by atoms with Crippen molar-refractivity contribution < 1.29 is 4.79 Å². The van der Waals surface area contributed by atoms with Gasteiger partial charge in [0, 0.05) is 32.0 Å². The highest BCUT2D eigenvalue weighted by Crippen LogP contribution is 2.16. The van der Waals surface area contributed by atoms with E-state index in [2.05, 4.69) is 25.3 Å². The Labute approximate surface area is 142 Å². The van der Waals surface area contributed by atoms with Crippen molar-refractivity contribution in [2.75, 3.05) is 18.0 Å². The molecule has 128 valence electrons. The number of piperidine rings is 1. The molecule has 7 heteroatoms. The molecule has 2 aromatic rings. The average Bonchev–Trinajstić information content (AvgIpc) is 2.86. The van der Waals surface area contributed by atoms with Gasteiger partial charge in [0.15, 0.2) is 0 Å². The van der Waals surface area contributed by atoms with Gasteiger partial charge in [-0.2, -0.15) is 5.10 Å². The van der Waals surface area contributed by atoms with Gasteiger partial charge >= 0.3 is 0 Å². The van der Waals surface area contributed by atoms with Crippen molar-refractivity contribution in [3.8, 4) is 0 Å². The van der Waals surface area contributed by atoms with Crippen LogP contribution in [0.3, 0.4) is 0 Å². The van der Waals surface area contributed by atoms with E-state index >= 15 is 0 Å². The van der Waals surface area contributed by atoms with Gasteiger partial charge in [0.1, 0.15) is 0 Å². The third-order valence-electron chi connectivity index (χ3n) is 4.51. The maximum Gasteiger partial charge on any atom is 0.255 e. The molecule has 0 saturated carbocycles. The molecule has 0 aromatic carbocycles. The molecule has 0 unspecified atom stereocenters. The lowest BCUT2D eigenvalue weighted by molar-refractivity contribution is 0.0949. The molecule has 1 N–H and O–H groups in total. The summed E-state index contributed by atoms with van der Waals surface area (Å²) in [4.78, 5) is 23.6. The molecule has 1 fully saturated rings. The first kappa shape index (κ1) is 16.4. The lowest BCUT2D eigenvalue weighted by atomic mass is 10.1. The minimum absolute atomic E-state index is 0.115. The van der Waals surface area contributed by atoms with Gasteiger partial charge in [0.25, 0.3) is 5.91 Å². The highest BCUT2D eigenvalue weighted by Gasteiger charge is 2.18. The molecular weight excluding hydrogens is 304 g/mol. The van der Waals surface area contributed by atoms with Crippen LogP contribution in [0, 0.1) is 13.8 Å². The highest BCUT2D eigenvalue weighted by atomic mass is 16.1. The number of nitrogens with one attached hydrogen (secondary N) is 1. The summed E-state index contributed by atoms with van der Waals surface area (Å²) in [6, 6.07) is 1.84. The van der Waals surface area contributed by atoms with E-state index in [1.54, 1.807) is 10.9 Å². The van der Waals surface area contributed by atoms with Crippen LogP contribution in [-0.4, -0.2) is 38.7 Å². The van der Waals surface area contributed by atoms with E-state index in [-0.39, 0.29) is 5.91 Å². The van der Waals surface area contributed by atoms with Gasteiger partial charge in [0.05, 0.1) is 23.5 Å². The number of aromatic nitrogens is 4. The minimum Gasteiger partial charge on any atom is -0.346 e. The first-order valence-corrected chi connectivity index (χ1v) is 8.41. The van der Waals surface area contributed by atoms with Gasteiger partial charge < -0.3 is 10.2 Å². The summed E-state index contributed by atoms with van der Waals surface area (Å²) in [7, 11) is 1.84. The third-order valence-corrected chi connectivity index (χ3v) is 4.51. The zero-order chi connectivity index (χ0) is 17.1. The monoisotopic (exact) mass is 328 g/mol. The Morgan fingerprint density at radius 1 is 1.25 bits per heavy atom. The fourth-order valence-electron chi connectivity index (χ4n) is 3.09. The van der Waals surface area contributed by atoms with Crippen LogP contribution in [0.4, 0.5) is 5.95 Å². The molecule has 3 heterocycles. The quantitative estimate of drug-likeness (QED) is 0.925. The third kappa shape index (κ3) is 3.39. The van der Waals surface area contributed by atoms with E-state index in [0.29, 0.717) is 12.1 Å². The second-order valence-corrected chi connectivity index (χ2v) is 6.25. The van der Waals surface area contributed by atoms with Crippen LogP contribution in [0.25, 0.3) is 0 Å². The van der Waals surface area contributed by atoms with Crippen molar-refractivity contribution in [3.05, 3.63) is 34.9 Å². The van der Waals surface area contributed by atoms with E-state index in [1.807, 2.05) is 27.0 Å². The van der Waals surface area contributed by atoms with Crippen molar-refractivity contribution in [2.45, 2.75) is 39.7 Å². The lowest BCUT2D eigenvalue weighted by Crippen LogP contribution is -2.31. The van der Waals surface area contributed by atoms with Crippen LogP contribution in [0.15, 0.2) is 12.3 Å². The first-order valence-electron chi connectivity index (χ1n) is 8.41. The second kappa shape index (κ2) is 6.98. The molecule has 1 saturated heterocycles. The Balaban J connectivity index is 1.67. The van der Waals surface area contributed by atoms with E-state index in [4.69, 9.17) is 0 Å². The van der Waals surface area contributed by atoms with E-state index in [9.17, 15) is 4.79 Å². The van der Waals surface area contributed by atoms with Gasteiger partial charge in [-0.3, -0.25) is 9.48 Å². The lowest BCUT2D eigenvalue weighted by Gasteiger charge is -2.26. The van der Waals surface area contributed by atoms with Crippen molar-refractivity contribution in [3.63, 3.8) is 0 Å². The number of rotatable bonds is 4. The summed E-state index contributed by atoms with van der Waals surface area (Å²) >= 11 is 0. The Morgan fingerprint density at radius 3 is 2.67 bits per heavy atom. The number of carbonyl (C=O) groups is 1. The normalized spacial score (nSPS) is 14.7. The van der Waals surface area contributed by atoms with Gasteiger partial charge in [-0.25, -0.2) is 9.97 Å². The fourth-order valence-corrected chi connectivity index (χ4v) is 3.09. The summed E-state index contributed by atoms with van der Waals surface area (Å²) in [5, 5.41) is 7.22. The van der Waals surface area contributed by atoms with Crippen molar-refractivity contribution in [2.24, 2.45) is 7.05 Å². The Kier molecular flexibility index (Phi) is 4.78. The van der Waals surface area contributed by atoms with E-state index in [1.165, 1.54) is 19.3 Å². The van der Waals surface area contributed by atoms with Crippen LogP contribution >= 0.6 is 0 Å². The highest BCUT2D eigenvalue weighted by molar-refractivity contribution is 5.96. The Hall–Kier alpha value is -2.44. The molecule has 0 bridgehead atoms. The Morgan fingerprint density at radius 2 is 2.00 bits per heavy atom. The molecular formula is C17H24N6O.